The molecule has 29 heavy (non-hydrogen) atoms. The van der Waals surface area contributed by atoms with Crippen LogP contribution in [0.15, 0.2) is 85.2 Å². The van der Waals surface area contributed by atoms with Crippen molar-refractivity contribution in [3.63, 3.8) is 0 Å². The van der Waals surface area contributed by atoms with Gasteiger partial charge < -0.3 is 9.30 Å². The first-order valence-electron chi connectivity index (χ1n) is 9.74. The summed E-state index contributed by atoms with van der Waals surface area (Å²) in [6, 6.07) is 25.0. The third kappa shape index (κ3) is 3.34. The lowest BCUT2D eigenvalue weighted by Crippen LogP contribution is -2.04. The summed E-state index contributed by atoms with van der Waals surface area (Å²) in [7, 11) is 0. The van der Waals surface area contributed by atoms with Crippen LogP contribution in [0.3, 0.4) is 0 Å². The number of hydrogen-bond acceptors (Lipinski definition) is 3. The van der Waals surface area contributed by atoms with Crippen molar-refractivity contribution < 1.29 is 4.74 Å². The Hall–Kier alpha value is -3.66. The predicted molar refractivity (Wildman–Crippen MR) is 116 cm³/mol. The first kappa shape index (κ1) is 17.4. The van der Waals surface area contributed by atoms with Crippen LogP contribution in [0, 0.1) is 6.92 Å². The smallest absolute Gasteiger partial charge is 0.238 e. The van der Waals surface area contributed by atoms with Crippen molar-refractivity contribution in [1.82, 2.24) is 14.5 Å². The number of pyridine rings is 2. The first-order chi connectivity index (χ1) is 14.3. The highest BCUT2D eigenvalue weighted by atomic mass is 16.5. The molecular formula is C25H21N3O. The number of ether oxygens (including phenoxy) is 1. The minimum absolute atomic E-state index is 0.388. The summed E-state index contributed by atoms with van der Waals surface area (Å²) in [6.45, 7) is 3.27. The lowest BCUT2D eigenvalue weighted by atomic mass is 10.1. The summed E-state index contributed by atoms with van der Waals surface area (Å²) in [6.07, 6.45) is 3.60. The van der Waals surface area contributed by atoms with Gasteiger partial charge in [-0.2, -0.15) is 0 Å². The van der Waals surface area contributed by atoms with Gasteiger partial charge in [-0.15, -0.1) is 0 Å². The van der Waals surface area contributed by atoms with Crippen molar-refractivity contribution in [3.8, 4) is 5.88 Å². The van der Waals surface area contributed by atoms with Crippen molar-refractivity contribution >= 4 is 21.8 Å². The van der Waals surface area contributed by atoms with Crippen LogP contribution < -0.4 is 4.74 Å². The number of fused-ring (bicyclic) bond motifs is 3. The zero-order valence-electron chi connectivity index (χ0n) is 16.2. The summed E-state index contributed by atoms with van der Waals surface area (Å²) >= 11 is 0. The summed E-state index contributed by atoms with van der Waals surface area (Å²) in [4.78, 5) is 8.92. The van der Waals surface area contributed by atoms with E-state index in [9.17, 15) is 0 Å². The van der Waals surface area contributed by atoms with Crippen LogP contribution in [0.1, 0.15) is 16.8 Å². The second kappa shape index (κ2) is 7.40. The van der Waals surface area contributed by atoms with Gasteiger partial charge in [0.1, 0.15) is 12.1 Å². The number of hydrogen-bond donors (Lipinski definition) is 0. The maximum atomic E-state index is 6.14. The fourth-order valence-electron chi connectivity index (χ4n) is 3.86. The molecule has 0 spiro atoms. The minimum Gasteiger partial charge on any atom is -0.470 e. The molecule has 0 fully saturated rings. The molecule has 5 rings (SSSR count). The molecule has 0 radical (unpaired) electrons. The van der Waals surface area contributed by atoms with Gasteiger partial charge in [-0.25, -0.2) is 4.98 Å². The van der Waals surface area contributed by atoms with Gasteiger partial charge in [-0.1, -0.05) is 54.1 Å². The lowest BCUT2D eigenvalue weighted by molar-refractivity contribution is 0.292. The molecule has 0 amide bonds. The molecule has 2 aromatic carbocycles. The minimum atomic E-state index is 0.388. The van der Waals surface area contributed by atoms with E-state index in [4.69, 9.17) is 4.74 Å². The number of rotatable bonds is 5. The zero-order chi connectivity index (χ0) is 19.6. The Morgan fingerprint density at radius 2 is 1.72 bits per heavy atom. The molecule has 0 aliphatic carbocycles. The molecule has 0 aliphatic rings. The molecule has 4 heteroatoms. The van der Waals surface area contributed by atoms with Crippen LogP contribution in [0.2, 0.25) is 0 Å². The molecule has 4 nitrogen and oxygen atoms in total. The highest BCUT2D eigenvalue weighted by Crippen LogP contribution is 2.34. The zero-order valence-corrected chi connectivity index (χ0v) is 16.2. The number of benzene rings is 2. The molecule has 0 N–H and O–H groups in total. The van der Waals surface area contributed by atoms with Crippen LogP contribution in [0.4, 0.5) is 0 Å². The van der Waals surface area contributed by atoms with Gasteiger partial charge in [-0.3, -0.25) is 4.98 Å². The standard InChI is InChI=1S/C25H21N3O/c1-18-7-6-8-19(15-18)16-28-23-11-3-2-10-21(23)22-12-14-27-25(24(22)28)29-17-20-9-4-5-13-26-20/h2-15H,16-17H2,1H3. The summed E-state index contributed by atoms with van der Waals surface area (Å²) in [5.41, 5.74) is 5.60. The number of para-hydroxylation sites is 1. The van der Waals surface area contributed by atoms with E-state index in [1.807, 2.05) is 24.4 Å². The normalized spacial score (nSPS) is 11.2. The van der Waals surface area contributed by atoms with Gasteiger partial charge in [0.25, 0.3) is 0 Å². The second-order valence-electron chi connectivity index (χ2n) is 7.21. The maximum Gasteiger partial charge on any atom is 0.238 e. The molecule has 0 atom stereocenters. The first-order valence-corrected chi connectivity index (χ1v) is 9.74. The van der Waals surface area contributed by atoms with Crippen LogP contribution in [-0.4, -0.2) is 14.5 Å². The predicted octanol–water partition coefficient (Wildman–Crippen LogP) is 5.52. The van der Waals surface area contributed by atoms with Crippen molar-refractivity contribution in [2.24, 2.45) is 0 Å². The van der Waals surface area contributed by atoms with Crippen LogP contribution in [0.25, 0.3) is 21.8 Å². The van der Waals surface area contributed by atoms with Crippen molar-refractivity contribution in [2.45, 2.75) is 20.1 Å². The van der Waals surface area contributed by atoms with Crippen molar-refractivity contribution in [2.75, 3.05) is 0 Å². The highest BCUT2D eigenvalue weighted by Gasteiger charge is 2.16. The second-order valence-corrected chi connectivity index (χ2v) is 7.21. The Morgan fingerprint density at radius 1 is 0.828 bits per heavy atom. The average molecular weight is 379 g/mol. The van der Waals surface area contributed by atoms with E-state index in [1.165, 1.54) is 22.0 Å². The number of aromatic nitrogens is 3. The monoisotopic (exact) mass is 379 g/mol. The number of nitrogens with zero attached hydrogens (tertiary/aromatic N) is 3. The van der Waals surface area contributed by atoms with E-state index in [0.29, 0.717) is 12.5 Å². The van der Waals surface area contributed by atoms with Gasteiger partial charge in [0.05, 0.1) is 5.69 Å². The van der Waals surface area contributed by atoms with E-state index in [-0.39, 0.29) is 0 Å². The van der Waals surface area contributed by atoms with Crippen LogP contribution in [0.5, 0.6) is 5.88 Å². The van der Waals surface area contributed by atoms with Crippen molar-refractivity contribution in [1.29, 1.82) is 0 Å². The fraction of sp³-hybridized carbons (Fsp3) is 0.120. The van der Waals surface area contributed by atoms with Crippen LogP contribution >= 0.6 is 0 Å². The van der Waals surface area contributed by atoms with Gasteiger partial charge in [0, 0.05) is 35.2 Å². The fourth-order valence-corrected chi connectivity index (χ4v) is 3.86. The summed E-state index contributed by atoms with van der Waals surface area (Å²) in [5.74, 6) is 0.636. The van der Waals surface area contributed by atoms with E-state index in [0.717, 1.165) is 23.1 Å². The molecule has 3 aromatic heterocycles. The van der Waals surface area contributed by atoms with Crippen LogP contribution in [-0.2, 0) is 13.2 Å². The summed E-state index contributed by atoms with van der Waals surface area (Å²) < 4.78 is 8.45. The molecule has 0 aliphatic heterocycles. The maximum absolute atomic E-state index is 6.14. The molecule has 0 saturated heterocycles. The molecule has 0 bridgehead atoms. The summed E-state index contributed by atoms with van der Waals surface area (Å²) in [5, 5.41) is 2.36. The molecule has 0 unspecified atom stereocenters. The average Bonchev–Trinajstić information content (AvgIpc) is 3.08. The lowest BCUT2D eigenvalue weighted by Gasteiger charge is -2.12. The molecular weight excluding hydrogens is 358 g/mol. The van der Waals surface area contributed by atoms with E-state index in [2.05, 4.69) is 76.1 Å². The topological polar surface area (TPSA) is 39.9 Å². The molecule has 0 saturated carbocycles. The Bertz CT molecular complexity index is 1290. The van der Waals surface area contributed by atoms with E-state index in [1.54, 1.807) is 6.20 Å². The van der Waals surface area contributed by atoms with E-state index >= 15 is 0 Å². The Morgan fingerprint density at radius 3 is 2.59 bits per heavy atom. The Labute approximate surface area is 169 Å². The number of aryl methyl sites for hydroxylation is 1. The SMILES string of the molecule is Cc1cccc(Cn2c3ccccc3c3ccnc(OCc4ccccn4)c32)c1. The largest absolute Gasteiger partial charge is 0.470 e. The van der Waals surface area contributed by atoms with Crippen molar-refractivity contribution in [3.05, 3.63) is 102 Å². The third-order valence-corrected chi connectivity index (χ3v) is 5.15. The Balaban J connectivity index is 1.64. The highest BCUT2D eigenvalue weighted by molar-refractivity contribution is 6.09. The quantitative estimate of drug-likeness (QED) is 0.404. The molecule has 5 aromatic rings. The third-order valence-electron chi connectivity index (χ3n) is 5.15. The van der Waals surface area contributed by atoms with Gasteiger partial charge in [-0.05, 0) is 36.8 Å². The van der Waals surface area contributed by atoms with Gasteiger partial charge in [0.15, 0.2) is 0 Å². The van der Waals surface area contributed by atoms with Gasteiger partial charge in [0.2, 0.25) is 5.88 Å². The van der Waals surface area contributed by atoms with Gasteiger partial charge >= 0.3 is 0 Å². The van der Waals surface area contributed by atoms with E-state index < -0.39 is 0 Å². The molecule has 142 valence electrons. The molecule has 3 heterocycles. The Kier molecular flexibility index (Phi) is 4.45.